The molecule has 0 amide bonds. The fraction of sp³-hybridized carbons (Fsp3) is 0.667. The highest BCUT2D eigenvalue weighted by atomic mass is 16.4. The Morgan fingerprint density at radius 2 is 2.10 bits per heavy atom. The van der Waals surface area contributed by atoms with Crippen LogP contribution in [0.25, 0.3) is 0 Å². The number of carbonyl (C=O) groups is 1. The molecule has 1 fully saturated rings. The Labute approximate surface area is 119 Å². The minimum atomic E-state index is -1.04. The van der Waals surface area contributed by atoms with E-state index in [1.165, 1.54) is 38.3 Å². The molecule has 0 atom stereocenters. The van der Waals surface area contributed by atoms with Crippen molar-refractivity contribution in [1.29, 1.82) is 0 Å². The van der Waals surface area contributed by atoms with Crippen LogP contribution in [-0.4, -0.2) is 27.6 Å². The molecule has 0 bridgehead atoms. The van der Waals surface area contributed by atoms with Crippen LogP contribution in [0, 0.1) is 11.3 Å². The Kier molecular flexibility index (Phi) is 4.57. The molecule has 0 radical (unpaired) electrons. The number of carboxylic acid groups (broad SMARTS) is 1. The molecule has 0 saturated heterocycles. The second-order valence-corrected chi connectivity index (χ2v) is 6.25. The molecule has 1 aromatic heterocycles. The van der Waals surface area contributed by atoms with Gasteiger partial charge in [-0.3, -0.25) is 4.98 Å². The highest BCUT2D eigenvalue weighted by Gasteiger charge is 2.34. The first kappa shape index (κ1) is 14.8. The average Bonchev–Trinajstić information content (AvgIpc) is 2.85. The molecule has 5 nitrogen and oxygen atoms in total. The maximum absolute atomic E-state index is 10.9. The van der Waals surface area contributed by atoms with Crippen LogP contribution in [0.2, 0.25) is 0 Å². The van der Waals surface area contributed by atoms with Gasteiger partial charge in [-0.15, -0.1) is 0 Å². The first-order chi connectivity index (χ1) is 9.51. The van der Waals surface area contributed by atoms with E-state index in [1.807, 2.05) is 0 Å². The molecule has 0 aliphatic heterocycles. The Hall–Kier alpha value is -1.65. The van der Waals surface area contributed by atoms with Crippen LogP contribution in [0.15, 0.2) is 12.4 Å². The van der Waals surface area contributed by atoms with Crippen LogP contribution in [0.4, 0.5) is 5.82 Å². The zero-order valence-electron chi connectivity index (χ0n) is 12.2. The molecule has 1 aliphatic carbocycles. The summed E-state index contributed by atoms with van der Waals surface area (Å²) in [5.74, 6) is 0.185. The third-order valence-corrected chi connectivity index (χ3v) is 4.00. The van der Waals surface area contributed by atoms with Gasteiger partial charge in [0, 0.05) is 6.54 Å². The van der Waals surface area contributed by atoms with Gasteiger partial charge in [0.2, 0.25) is 0 Å². The predicted octanol–water partition coefficient (Wildman–Crippen LogP) is 3.19. The van der Waals surface area contributed by atoms with Crippen molar-refractivity contribution < 1.29 is 9.90 Å². The molecule has 110 valence electrons. The average molecular weight is 277 g/mol. The van der Waals surface area contributed by atoms with Crippen molar-refractivity contribution in [3.63, 3.8) is 0 Å². The monoisotopic (exact) mass is 277 g/mol. The highest BCUT2D eigenvalue weighted by Crippen LogP contribution is 2.43. The molecule has 1 heterocycles. The predicted molar refractivity (Wildman–Crippen MR) is 77.8 cm³/mol. The van der Waals surface area contributed by atoms with Crippen molar-refractivity contribution in [2.24, 2.45) is 11.3 Å². The van der Waals surface area contributed by atoms with Gasteiger partial charge in [0.25, 0.3) is 0 Å². The van der Waals surface area contributed by atoms with E-state index in [0.29, 0.717) is 17.2 Å². The molecule has 5 heteroatoms. The standard InChI is InChI=1S/C15H23N3O2/c1-11(2)7-15(5-3-4-6-15)10-17-13-9-16-8-12(18-13)14(19)20/h8-9,11H,3-7,10H2,1-2H3,(H,17,18)(H,19,20). The van der Waals surface area contributed by atoms with Gasteiger partial charge in [0.15, 0.2) is 5.69 Å². The molecular weight excluding hydrogens is 254 g/mol. The van der Waals surface area contributed by atoms with Crippen LogP contribution in [0.5, 0.6) is 0 Å². The normalized spacial score (nSPS) is 17.4. The molecule has 1 aliphatic rings. The first-order valence-electron chi connectivity index (χ1n) is 7.30. The molecule has 1 aromatic rings. The summed E-state index contributed by atoms with van der Waals surface area (Å²) >= 11 is 0. The molecule has 2 rings (SSSR count). The van der Waals surface area contributed by atoms with Crippen molar-refractivity contribution >= 4 is 11.8 Å². The summed E-state index contributed by atoms with van der Waals surface area (Å²) in [5.41, 5.74) is 0.314. The number of aromatic carboxylic acids is 1. The molecule has 0 unspecified atom stereocenters. The number of nitrogens with zero attached hydrogens (tertiary/aromatic N) is 2. The topological polar surface area (TPSA) is 75.1 Å². The zero-order chi connectivity index (χ0) is 14.6. The highest BCUT2D eigenvalue weighted by molar-refractivity contribution is 5.85. The molecular formula is C15H23N3O2. The maximum atomic E-state index is 10.9. The summed E-state index contributed by atoms with van der Waals surface area (Å²) < 4.78 is 0. The van der Waals surface area contributed by atoms with E-state index in [9.17, 15) is 4.79 Å². The smallest absolute Gasteiger partial charge is 0.356 e. The third kappa shape index (κ3) is 3.68. The van der Waals surface area contributed by atoms with E-state index in [-0.39, 0.29) is 5.69 Å². The van der Waals surface area contributed by atoms with Gasteiger partial charge >= 0.3 is 5.97 Å². The van der Waals surface area contributed by atoms with Gasteiger partial charge < -0.3 is 10.4 Å². The SMILES string of the molecule is CC(C)CC1(CNc2cncc(C(=O)O)n2)CCCC1. The van der Waals surface area contributed by atoms with E-state index in [4.69, 9.17) is 5.11 Å². The van der Waals surface area contributed by atoms with Gasteiger partial charge in [0.1, 0.15) is 5.82 Å². The first-order valence-corrected chi connectivity index (χ1v) is 7.30. The number of anilines is 1. The molecule has 0 spiro atoms. The van der Waals surface area contributed by atoms with Gasteiger partial charge in [0.05, 0.1) is 12.4 Å². The summed E-state index contributed by atoms with van der Waals surface area (Å²) in [6, 6.07) is 0. The number of nitrogens with one attached hydrogen (secondary N) is 1. The Bertz CT molecular complexity index is 468. The molecule has 2 N–H and O–H groups in total. The Balaban J connectivity index is 2.02. The lowest BCUT2D eigenvalue weighted by Crippen LogP contribution is -2.29. The van der Waals surface area contributed by atoms with E-state index in [0.717, 1.165) is 6.54 Å². The summed E-state index contributed by atoms with van der Waals surface area (Å²) in [6.07, 6.45) is 9.11. The van der Waals surface area contributed by atoms with Gasteiger partial charge in [-0.05, 0) is 30.6 Å². The van der Waals surface area contributed by atoms with Crippen LogP contribution in [0.3, 0.4) is 0 Å². The van der Waals surface area contributed by atoms with Crippen LogP contribution in [-0.2, 0) is 0 Å². The Morgan fingerprint density at radius 1 is 1.40 bits per heavy atom. The minimum Gasteiger partial charge on any atom is -0.476 e. The van der Waals surface area contributed by atoms with E-state index in [2.05, 4.69) is 29.1 Å². The molecule has 20 heavy (non-hydrogen) atoms. The second kappa shape index (κ2) is 6.20. The number of rotatable bonds is 6. The quantitative estimate of drug-likeness (QED) is 0.835. The second-order valence-electron chi connectivity index (χ2n) is 6.25. The third-order valence-electron chi connectivity index (χ3n) is 4.00. The maximum Gasteiger partial charge on any atom is 0.356 e. The Morgan fingerprint density at radius 3 is 2.70 bits per heavy atom. The molecule has 1 saturated carbocycles. The summed E-state index contributed by atoms with van der Waals surface area (Å²) in [6.45, 7) is 5.36. The molecule has 0 aromatic carbocycles. The minimum absolute atomic E-state index is 0.0145. The zero-order valence-corrected chi connectivity index (χ0v) is 12.2. The van der Waals surface area contributed by atoms with Crippen molar-refractivity contribution in [2.75, 3.05) is 11.9 Å². The van der Waals surface area contributed by atoms with Crippen molar-refractivity contribution in [2.45, 2.75) is 46.0 Å². The number of aromatic nitrogens is 2. The van der Waals surface area contributed by atoms with Crippen LogP contribution in [0.1, 0.15) is 56.4 Å². The lowest BCUT2D eigenvalue weighted by molar-refractivity contribution is 0.0690. The fourth-order valence-corrected chi connectivity index (χ4v) is 3.28. The fourth-order valence-electron chi connectivity index (χ4n) is 3.28. The van der Waals surface area contributed by atoms with Crippen LogP contribution >= 0.6 is 0 Å². The van der Waals surface area contributed by atoms with Gasteiger partial charge in [-0.1, -0.05) is 26.7 Å². The van der Waals surface area contributed by atoms with Crippen molar-refractivity contribution in [1.82, 2.24) is 9.97 Å². The van der Waals surface area contributed by atoms with E-state index < -0.39 is 5.97 Å². The lowest BCUT2D eigenvalue weighted by Gasteiger charge is -2.31. The summed E-state index contributed by atoms with van der Waals surface area (Å²) in [7, 11) is 0. The summed E-state index contributed by atoms with van der Waals surface area (Å²) in [4.78, 5) is 18.9. The van der Waals surface area contributed by atoms with E-state index in [1.54, 1.807) is 6.20 Å². The lowest BCUT2D eigenvalue weighted by atomic mass is 9.78. The number of hydrogen-bond donors (Lipinski definition) is 2. The van der Waals surface area contributed by atoms with Gasteiger partial charge in [-0.25, -0.2) is 9.78 Å². The van der Waals surface area contributed by atoms with Gasteiger partial charge in [-0.2, -0.15) is 0 Å². The van der Waals surface area contributed by atoms with E-state index >= 15 is 0 Å². The van der Waals surface area contributed by atoms with Crippen molar-refractivity contribution in [3.8, 4) is 0 Å². The number of hydrogen-bond acceptors (Lipinski definition) is 4. The van der Waals surface area contributed by atoms with Crippen molar-refractivity contribution in [3.05, 3.63) is 18.1 Å². The number of carboxylic acids is 1. The summed E-state index contributed by atoms with van der Waals surface area (Å²) in [5, 5.41) is 12.2. The largest absolute Gasteiger partial charge is 0.476 e. The van der Waals surface area contributed by atoms with Crippen LogP contribution < -0.4 is 5.32 Å².